The number of hydrogen-bond acceptors (Lipinski definition) is 3. The van der Waals surface area contributed by atoms with Crippen molar-refractivity contribution in [3.05, 3.63) is 46.8 Å². The van der Waals surface area contributed by atoms with E-state index in [2.05, 4.69) is 42.6 Å². The maximum absolute atomic E-state index is 5.60. The first-order valence-corrected chi connectivity index (χ1v) is 6.50. The molecule has 1 aromatic carbocycles. The zero-order valence-electron chi connectivity index (χ0n) is 8.57. The summed E-state index contributed by atoms with van der Waals surface area (Å²) in [5, 5.41) is 2.10. The molecule has 0 aliphatic rings. The first kappa shape index (κ1) is 10.7. The molecule has 3 heteroatoms. The minimum atomic E-state index is 0.616. The van der Waals surface area contributed by atoms with Gasteiger partial charge in [-0.3, -0.25) is 0 Å². The molecule has 0 atom stereocenters. The minimum absolute atomic E-state index is 0.616. The highest BCUT2D eigenvalue weighted by molar-refractivity contribution is 8.01. The molecule has 0 aliphatic carbocycles. The summed E-state index contributed by atoms with van der Waals surface area (Å²) in [6.45, 7) is 2.75. The summed E-state index contributed by atoms with van der Waals surface area (Å²) in [5.41, 5.74) is 8.10. The normalized spacial score (nSPS) is 10.5. The smallest absolute Gasteiger partial charge is 0.0646 e. The Balaban J connectivity index is 2.22. The van der Waals surface area contributed by atoms with Gasteiger partial charge in [-0.15, -0.1) is 11.3 Å². The summed E-state index contributed by atoms with van der Waals surface area (Å²) in [6, 6.07) is 10.6. The lowest BCUT2D eigenvalue weighted by Gasteiger charge is -2.05. The van der Waals surface area contributed by atoms with Gasteiger partial charge in [-0.25, -0.2) is 0 Å². The quantitative estimate of drug-likeness (QED) is 0.878. The van der Waals surface area contributed by atoms with E-state index in [-0.39, 0.29) is 0 Å². The van der Waals surface area contributed by atoms with Gasteiger partial charge in [-0.1, -0.05) is 30.0 Å². The number of aryl methyl sites for hydroxylation is 1. The zero-order chi connectivity index (χ0) is 10.7. The minimum Gasteiger partial charge on any atom is -0.326 e. The second kappa shape index (κ2) is 4.84. The van der Waals surface area contributed by atoms with Crippen molar-refractivity contribution in [2.75, 3.05) is 0 Å². The number of thiophene rings is 1. The molecule has 2 rings (SSSR count). The van der Waals surface area contributed by atoms with Crippen LogP contribution in [0.2, 0.25) is 0 Å². The summed E-state index contributed by atoms with van der Waals surface area (Å²) in [7, 11) is 0. The highest BCUT2D eigenvalue weighted by atomic mass is 32.2. The summed E-state index contributed by atoms with van der Waals surface area (Å²) in [4.78, 5) is 1.31. The van der Waals surface area contributed by atoms with Crippen LogP contribution >= 0.6 is 23.1 Å². The van der Waals surface area contributed by atoms with Gasteiger partial charge in [-0.05, 0) is 35.6 Å². The number of hydrogen-bond donors (Lipinski definition) is 1. The molecule has 0 saturated carbocycles. The van der Waals surface area contributed by atoms with E-state index in [9.17, 15) is 0 Å². The fraction of sp³-hybridized carbons (Fsp3) is 0.167. The average molecular weight is 235 g/mol. The molecule has 2 N–H and O–H groups in total. The van der Waals surface area contributed by atoms with Crippen molar-refractivity contribution < 1.29 is 0 Å². The van der Waals surface area contributed by atoms with Gasteiger partial charge in [0.25, 0.3) is 0 Å². The van der Waals surface area contributed by atoms with Crippen LogP contribution in [0.15, 0.2) is 44.8 Å². The Hall–Kier alpha value is -0.770. The Kier molecular flexibility index (Phi) is 3.46. The number of benzene rings is 1. The lowest BCUT2D eigenvalue weighted by Crippen LogP contribution is -1.96. The van der Waals surface area contributed by atoms with Gasteiger partial charge in [0.05, 0.1) is 4.21 Å². The lowest BCUT2D eigenvalue weighted by atomic mass is 10.1. The van der Waals surface area contributed by atoms with Gasteiger partial charge in [0, 0.05) is 11.4 Å². The van der Waals surface area contributed by atoms with Crippen molar-refractivity contribution in [2.45, 2.75) is 22.6 Å². The molecule has 0 saturated heterocycles. The molecular weight excluding hydrogens is 222 g/mol. The molecule has 1 aromatic heterocycles. The van der Waals surface area contributed by atoms with Crippen LogP contribution in [0.25, 0.3) is 0 Å². The lowest BCUT2D eigenvalue weighted by molar-refractivity contribution is 1.06. The van der Waals surface area contributed by atoms with Crippen LogP contribution in [0.3, 0.4) is 0 Å². The van der Waals surface area contributed by atoms with Crippen LogP contribution in [0.1, 0.15) is 11.1 Å². The van der Waals surface area contributed by atoms with E-state index in [1.807, 2.05) is 11.8 Å². The number of rotatable bonds is 3. The standard InChI is InChI=1S/C12H13NS2/c1-9-7-10(8-13)4-5-11(9)15-12-3-2-6-14-12/h2-7H,8,13H2,1H3. The van der Waals surface area contributed by atoms with Gasteiger partial charge < -0.3 is 5.73 Å². The van der Waals surface area contributed by atoms with Gasteiger partial charge in [-0.2, -0.15) is 0 Å². The Labute approximate surface area is 98.3 Å². The Morgan fingerprint density at radius 1 is 1.33 bits per heavy atom. The first-order chi connectivity index (χ1) is 7.29. The van der Waals surface area contributed by atoms with Gasteiger partial charge in [0.15, 0.2) is 0 Å². The molecule has 78 valence electrons. The molecule has 1 nitrogen and oxygen atoms in total. The molecule has 0 aliphatic heterocycles. The molecular formula is C12H13NS2. The fourth-order valence-corrected chi connectivity index (χ4v) is 3.18. The first-order valence-electron chi connectivity index (χ1n) is 4.80. The van der Waals surface area contributed by atoms with Crippen molar-refractivity contribution in [2.24, 2.45) is 5.73 Å². The third-order valence-electron chi connectivity index (χ3n) is 2.18. The Bertz CT molecular complexity index is 435. The van der Waals surface area contributed by atoms with Crippen molar-refractivity contribution in [1.29, 1.82) is 0 Å². The van der Waals surface area contributed by atoms with E-state index in [0.717, 1.165) is 0 Å². The van der Waals surface area contributed by atoms with Crippen LogP contribution < -0.4 is 5.73 Å². The molecule has 0 spiro atoms. The van der Waals surface area contributed by atoms with Crippen molar-refractivity contribution in [3.63, 3.8) is 0 Å². The van der Waals surface area contributed by atoms with E-state index in [0.29, 0.717) is 6.54 Å². The predicted molar refractivity (Wildman–Crippen MR) is 67.5 cm³/mol. The topological polar surface area (TPSA) is 26.0 Å². The molecule has 0 fully saturated rings. The van der Waals surface area contributed by atoms with Crippen LogP contribution in [-0.2, 0) is 6.54 Å². The largest absolute Gasteiger partial charge is 0.326 e. The van der Waals surface area contributed by atoms with Gasteiger partial charge in [0.1, 0.15) is 0 Å². The van der Waals surface area contributed by atoms with Crippen LogP contribution in [0.5, 0.6) is 0 Å². The van der Waals surface area contributed by atoms with E-state index in [1.54, 1.807) is 11.3 Å². The third-order valence-corrected chi connectivity index (χ3v) is 4.40. The molecule has 15 heavy (non-hydrogen) atoms. The van der Waals surface area contributed by atoms with E-state index >= 15 is 0 Å². The summed E-state index contributed by atoms with van der Waals surface area (Å²) in [6.07, 6.45) is 0. The van der Waals surface area contributed by atoms with E-state index in [4.69, 9.17) is 5.73 Å². The second-order valence-electron chi connectivity index (χ2n) is 3.34. The van der Waals surface area contributed by atoms with Crippen molar-refractivity contribution in [3.8, 4) is 0 Å². The van der Waals surface area contributed by atoms with Crippen LogP contribution in [-0.4, -0.2) is 0 Å². The monoisotopic (exact) mass is 235 g/mol. The Morgan fingerprint density at radius 2 is 2.20 bits per heavy atom. The second-order valence-corrected chi connectivity index (χ2v) is 5.63. The van der Waals surface area contributed by atoms with Crippen LogP contribution in [0, 0.1) is 6.92 Å². The fourth-order valence-electron chi connectivity index (χ4n) is 1.38. The highest BCUT2D eigenvalue weighted by Crippen LogP contribution is 2.33. The maximum atomic E-state index is 5.60. The number of nitrogens with two attached hydrogens (primary N) is 1. The summed E-state index contributed by atoms with van der Waals surface area (Å²) in [5.74, 6) is 0. The van der Waals surface area contributed by atoms with E-state index < -0.39 is 0 Å². The summed E-state index contributed by atoms with van der Waals surface area (Å²) >= 11 is 3.59. The van der Waals surface area contributed by atoms with Gasteiger partial charge >= 0.3 is 0 Å². The highest BCUT2D eigenvalue weighted by Gasteiger charge is 2.02. The molecule has 1 heterocycles. The van der Waals surface area contributed by atoms with Crippen molar-refractivity contribution >= 4 is 23.1 Å². The third kappa shape index (κ3) is 2.62. The molecule has 0 unspecified atom stereocenters. The average Bonchev–Trinajstić information content (AvgIpc) is 2.74. The predicted octanol–water partition coefficient (Wildman–Crippen LogP) is 3.67. The molecule has 0 bridgehead atoms. The van der Waals surface area contributed by atoms with Crippen molar-refractivity contribution in [1.82, 2.24) is 0 Å². The zero-order valence-corrected chi connectivity index (χ0v) is 10.2. The maximum Gasteiger partial charge on any atom is 0.0646 e. The molecule has 2 aromatic rings. The SMILES string of the molecule is Cc1cc(CN)ccc1Sc1cccs1. The Morgan fingerprint density at radius 3 is 2.80 bits per heavy atom. The van der Waals surface area contributed by atoms with Crippen LogP contribution in [0.4, 0.5) is 0 Å². The van der Waals surface area contributed by atoms with Gasteiger partial charge in [0.2, 0.25) is 0 Å². The molecule has 0 amide bonds. The molecule has 0 radical (unpaired) electrons. The van der Waals surface area contributed by atoms with E-state index in [1.165, 1.54) is 20.2 Å². The summed E-state index contributed by atoms with van der Waals surface area (Å²) < 4.78 is 1.33.